The highest BCUT2D eigenvalue weighted by molar-refractivity contribution is 5.41. The van der Waals surface area contributed by atoms with E-state index in [1.807, 2.05) is 24.3 Å². The Morgan fingerprint density at radius 3 is 2.62 bits per heavy atom. The third-order valence-corrected chi connectivity index (χ3v) is 5.69. The lowest BCUT2D eigenvalue weighted by atomic mass is 9.82. The minimum absolute atomic E-state index is 0.160. The summed E-state index contributed by atoms with van der Waals surface area (Å²) in [5.41, 5.74) is -0.746. The summed E-state index contributed by atoms with van der Waals surface area (Å²) >= 11 is 0. The highest BCUT2D eigenvalue weighted by Gasteiger charge is 2.53. The molecule has 4 N–H and O–H groups in total. The fraction of sp³-hybridized carbons (Fsp3) is 0.480. The number of hydrogen-bond donors (Lipinski definition) is 4. The Hall–Kier alpha value is -2.89. The highest BCUT2D eigenvalue weighted by atomic mass is 16.5. The molecule has 4 rings (SSSR count). The summed E-state index contributed by atoms with van der Waals surface area (Å²) in [5, 5.41) is 45.7. The Morgan fingerprint density at radius 2 is 1.94 bits per heavy atom. The lowest BCUT2D eigenvalue weighted by Gasteiger charge is -2.43. The van der Waals surface area contributed by atoms with Gasteiger partial charge in [-0.05, 0) is 37.1 Å². The van der Waals surface area contributed by atoms with Crippen LogP contribution in [-0.2, 0) is 9.47 Å². The van der Waals surface area contributed by atoms with Gasteiger partial charge in [-0.15, -0.1) is 0 Å². The number of hydrogen-bond acceptors (Lipinski definition) is 8. The first-order valence-corrected chi connectivity index (χ1v) is 11.1. The molecular weight excluding hydrogens is 440 g/mol. The highest BCUT2D eigenvalue weighted by Crippen LogP contribution is 2.32. The molecule has 1 saturated carbocycles. The summed E-state index contributed by atoms with van der Waals surface area (Å²) in [7, 11) is 1.61. The van der Waals surface area contributed by atoms with Crippen molar-refractivity contribution >= 4 is 0 Å². The van der Waals surface area contributed by atoms with Crippen molar-refractivity contribution in [3.05, 3.63) is 42.2 Å². The Morgan fingerprint density at radius 1 is 1.18 bits per heavy atom. The number of rotatable bonds is 6. The van der Waals surface area contributed by atoms with E-state index in [1.165, 1.54) is 0 Å². The molecule has 0 radical (unpaired) electrons. The zero-order valence-electron chi connectivity index (χ0n) is 18.8. The maximum absolute atomic E-state index is 11.1. The summed E-state index contributed by atoms with van der Waals surface area (Å²) in [6, 6.07) is 7.36. The van der Waals surface area contributed by atoms with Gasteiger partial charge in [0.15, 0.2) is 11.7 Å². The van der Waals surface area contributed by atoms with E-state index in [2.05, 4.69) is 28.8 Å². The second kappa shape index (κ2) is 10.6. The molecule has 34 heavy (non-hydrogen) atoms. The van der Waals surface area contributed by atoms with Gasteiger partial charge in [-0.25, -0.2) is 4.68 Å². The molecule has 9 heteroatoms. The quantitative estimate of drug-likeness (QED) is 0.341. The molecular formula is C25H28N2O7. The first-order chi connectivity index (χ1) is 16.4. The van der Waals surface area contributed by atoms with Crippen LogP contribution >= 0.6 is 0 Å². The number of aliphatic hydroxyl groups excluding tert-OH is 3. The van der Waals surface area contributed by atoms with Crippen LogP contribution in [0.25, 0.3) is 5.69 Å². The van der Waals surface area contributed by atoms with Crippen molar-refractivity contribution in [1.82, 2.24) is 9.78 Å². The van der Waals surface area contributed by atoms with E-state index in [0.717, 1.165) is 18.5 Å². The second-order valence-corrected chi connectivity index (χ2v) is 8.32. The normalized spacial score (nSPS) is 28.4. The largest absolute Gasteiger partial charge is 0.491 e. The minimum Gasteiger partial charge on any atom is -0.491 e. The molecule has 1 saturated heterocycles. The standard InChI is InChI=1S/C25H28N2O7/c1-32-12-13-33-20-7-5-19(6-8-20)27-15-18(14-26-27)4-9-22-25(31,11-10-17-2-3-17)24(30)23(29)21(16-28)34-22/h5-8,14-15,17,21-24,28-31H,2-3,12-13,16H2,1H3/t21-,22-,23-,24+,25-/m1/s1. The summed E-state index contributed by atoms with van der Waals surface area (Å²) in [6.45, 7) is 0.427. The third-order valence-electron chi connectivity index (χ3n) is 5.69. The number of benzene rings is 1. The van der Waals surface area contributed by atoms with E-state index in [1.54, 1.807) is 24.2 Å². The van der Waals surface area contributed by atoms with Crippen molar-refractivity contribution in [2.24, 2.45) is 5.92 Å². The van der Waals surface area contributed by atoms with Gasteiger partial charge in [-0.2, -0.15) is 5.10 Å². The third kappa shape index (κ3) is 5.43. The van der Waals surface area contributed by atoms with Crippen molar-refractivity contribution < 1.29 is 34.6 Å². The Balaban J connectivity index is 1.51. The van der Waals surface area contributed by atoms with Gasteiger partial charge in [0, 0.05) is 19.2 Å². The summed E-state index contributed by atoms with van der Waals surface area (Å²) in [4.78, 5) is 0. The molecule has 2 heterocycles. The van der Waals surface area contributed by atoms with E-state index in [4.69, 9.17) is 14.2 Å². The molecule has 1 aliphatic heterocycles. The molecule has 0 unspecified atom stereocenters. The van der Waals surface area contributed by atoms with Gasteiger partial charge in [0.2, 0.25) is 0 Å². The van der Waals surface area contributed by atoms with Crippen LogP contribution in [0.15, 0.2) is 36.7 Å². The topological polar surface area (TPSA) is 126 Å². The predicted molar refractivity (Wildman–Crippen MR) is 121 cm³/mol. The molecule has 0 amide bonds. The Bertz CT molecular complexity index is 1090. The maximum Gasteiger partial charge on any atom is 0.191 e. The maximum atomic E-state index is 11.1. The van der Waals surface area contributed by atoms with Gasteiger partial charge < -0.3 is 34.6 Å². The zero-order chi connectivity index (χ0) is 24.1. The minimum atomic E-state index is -2.09. The van der Waals surface area contributed by atoms with E-state index in [0.29, 0.717) is 24.5 Å². The molecule has 2 fully saturated rings. The van der Waals surface area contributed by atoms with Gasteiger partial charge in [0.05, 0.1) is 30.7 Å². The zero-order valence-corrected chi connectivity index (χ0v) is 18.8. The SMILES string of the molecule is COCCOc1ccc(-n2cc(C#C[C@H]3O[C@H](CO)[C@@H](O)[C@H](O)[C@@]3(O)C#CC3CC3)cn2)cc1. The lowest BCUT2D eigenvalue weighted by molar-refractivity contribution is -0.239. The number of methoxy groups -OCH3 is 1. The summed E-state index contributed by atoms with van der Waals surface area (Å²) < 4.78 is 17.8. The average Bonchev–Trinajstić information content (AvgIpc) is 3.57. The molecule has 1 aliphatic carbocycles. The van der Waals surface area contributed by atoms with Gasteiger partial charge in [0.25, 0.3) is 0 Å². The van der Waals surface area contributed by atoms with Crippen LogP contribution in [0.4, 0.5) is 0 Å². The number of aromatic nitrogens is 2. The van der Waals surface area contributed by atoms with Gasteiger partial charge in [0.1, 0.15) is 30.7 Å². The average molecular weight is 469 g/mol. The molecule has 2 aliphatic rings. The van der Waals surface area contributed by atoms with Gasteiger partial charge >= 0.3 is 0 Å². The van der Waals surface area contributed by atoms with Crippen molar-refractivity contribution in [3.63, 3.8) is 0 Å². The molecule has 0 spiro atoms. The van der Waals surface area contributed by atoms with Gasteiger partial charge in [-0.1, -0.05) is 23.7 Å². The van der Waals surface area contributed by atoms with E-state index in [-0.39, 0.29) is 5.92 Å². The first-order valence-electron chi connectivity index (χ1n) is 11.1. The Kier molecular flexibility index (Phi) is 7.54. The van der Waals surface area contributed by atoms with E-state index in [9.17, 15) is 20.4 Å². The van der Waals surface area contributed by atoms with Gasteiger partial charge in [-0.3, -0.25) is 0 Å². The molecule has 1 aromatic heterocycles. The molecule has 180 valence electrons. The van der Waals surface area contributed by atoms with E-state index >= 15 is 0 Å². The van der Waals surface area contributed by atoms with Crippen LogP contribution in [0.2, 0.25) is 0 Å². The second-order valence-electron chi connectivity index (χ2n) is 8.32. The number of nitrogens with zero attached hydrogens (tertiary/aromatic N) is 2. The van der Waals surface area contributed by atoms with Crippen molar-refractivity contribution in [2.45, 2.75) is 42.9 Å². The lowest BCUT2D eigenvalue weighted by Crippen LogP contribution is -2.65. The van der Waals surface area contributed by atoms with Crippen molar-refractivity contribution in [3.8, 4) is 35.1 Å². The number of aliphatic hydroxyl groups is 4. The Labute approximate surface area is 197 Å². The van der Waals surface area contributed by atoms with Crippen molar-refractivity contribution in [2.75, 3.05) is 26.9 Å². The first kappa shape index (κ1) is 24.2. The van der Waals surface area contributed by atoms with Crippen LogP contribution in [0.5, 0.6) is 5.75 Å². The molecule has 1 aromatic carbocycles. The smallest absolute Gasteiger partial charge is 0.191 e. The van der Waals surface area contributed by atoms with Crippen LogP contribution < -0.4 is 4.74 Å². The molecule has 5 atom stereocenters. The monoisotopic (exact) mass is 468 g/mol. The van der Waals surface area contributed by atoms with Crippen LogP contribution in [0, 0.1) is 29.6 Å². The van der Waals surface area contributed by atoms with Crippen LogP contribution in [0.1, 0.15) is 18.4 Å². The molecule has 2 aromatic rings. The fourth-order valence-corrected chi connectivity index (χ4v) is 3.47. The summed E-state index contributed by atoms with van der Waals surface area (Å²) in [6.07, 6.45) is -0.342. The van der Waals surface area contributed by atoms with E-state index < -0.39 is 36.6 Å². The summed E-state index contributed by atoms with van der Waals surface area (Å²) in [5.74, 6) is 12.1. The van der Waals surface area contributed by atoms with Crippen LogP contribution in [0.3, 0.4) is 0 Å². The van der Waals surface area contributed by atoms with Crippen molar-refractivity contribution in [1.29, 1.82) is 0 Å². The molecule has 9 nitrogen and oxygen atoms in total. The fourth-order valence-electron chi connectivity index (χ4n) is 3.47. The van der Waals surface area contributed by atoms with Crippen LogP contribution in [-0.4, -0.2) is 87.2 Å². The number of ether oxygens (including phenoxy) is 3. The predicted octanol–water partition coefficient (Wildman–Crippen LogP) is -0.125. The molecule has 0 bridgehead atoms.